The predicted octanol–water partition coefficient (Wildman–Crippen LogP) is 4.42. The molecule has 2 saturated carbocycles. The van der Waals surface area contributed by atoms with Crippen molar-refractivity contribution in [2.24, 2.45) is 17.8 Å². The first kappa shape index (κ1) is 13.6. The first-order valence-corrected chi connectivity index (χ1v) is 8.16. The zero-order valence-corrected chi connectivity index (χ0v) is 12.5. The molecular formula is C20H20O2. The van der Waals surface area contributed by atoms with Gasteiger partial charge in [-0.3, -0.25) is 4.79 Å². The van der Waals surface area contributed by atoms with Crippen LogP contribution in [0.3, 0.4) is 0 Å². The Morgan fingerprint density at radius 2 is 1.45 bits per heavy atom. The summed E-state index contributed by atoms with van der Waals surface area (Å²) in [6, 6.07) is 20.1. The largest absolute Gasteiger partial charge is 0.426 e. The fourth-order valence-electron chi connectivity index (χ4n) is 4.44. The molecule has 2 unspecified atom stereocenters. The van der Waals surface area contributed by atoms with E-state index < -0.39 is 0 Å². The highest BCUT2D eigenvalue weighted by molar-refractivity contribution is 5.77. The summed E-state index contributed by atoms with van der Waals surface area (Å²) in [5.41, 5.74) is 1.39. The summed E-state index contributed by atoms with van der Waals surface area (Å²) in [6.07, 6.45) is 3.53. The lowest BCUT2D eigenvalue weighted by Gasteiger charge is -2.55. The average Bonchev–Trinajstić information content (AvgIpc) is 2.57. The third-order valence-corrected chi connectivity index (χ3v) is 5.34. The molecule has 0 amide bonds. The van der Waals surface area contributed by atoms with Gasteiger partial charge in [0.25, 0.3) is 0 Å². The van der Waals surface area contributed by atoms with E-state index in [1.54, 1.807) is 0 Å². The minimum atomic E-state index is -0.0342. The molecule has 0 radical (unpaired) electrons. The van der Waals surface area contributed by atoms with Gasteiger partial charge in [0.2, 0.25) is 0 Å². The molecule has 22 heavy (non-hydrogen) atoms. The zero-order chi connectivity index (χ0) is 14.9. The van der Waals surface area contributed by atoms with Gasteiger partial charge >= 0.3 is 5.97 Å². The molecule has 2 bridgehead atoms. The third kappa shape index (κ3) is 2.23. The molecule has 0 spiro atoms. The topological polar surface area (TPSA) is 26.3 Å². The summed E-state index contributed by atoms with van der Waals surface area (Å²) in [5.74, 6) is 2.17. The predicted molar refractivity (Wildman–Crippen MR) is 85.6 cm³/mol. The normalized spacial score (nSPS) is 29.5. The second kappa shape index (κ2) is 5.60. The van der Waals surface area contributed by atoms with Crippen LogP contribution in [-0.2, 0) is 4.79 Å². The van der Waals surface area contributed by atoms with Crippen molar-refractivity contribution >= 4 is 5.97 Å². The number of ether oxygens (including phenoxy) is 1. The van der Waals surface area contributed by atoms with Crippen LogP contribution in [-0.4, -0.2) is 5.97 Å². The summed E-state index contributed by atoms with van der Waals surface area (Å²) in [6.45, 7) is 0. The van der Waals surface area contributed by atoms with Crippen molar-refractivity contribution in [1.82, 2.24) is 0 Å². The minimum Gasteiger partial charge on any atom is -0.426 e. The Labute approximate surface area is 131 Å². The highest BCUT2D eigenvalue weighted by atomic mass is 16.5. The maximum absolute atomic E-state index is 12.6. The van der Waals surface area contributed by atoms with Crippen LogP contribution in [0.25, 0.3) is 0 Å². The number of carbonyl (C=O) groups excluding carboxylic acids is 1. The smallest absolute Gasteiger partial charge is 0.314 e. The highest BCUT2D eigenvalue weighted by Crippen LogP contribution is 2.60. The lowest BCUT2D eigenvalue weighted by atomic mass is 9.48. The lowest BCUT2D eigenvalue weighted by molar-refractivity contribution is -0.156. The Kier molecular flexibility index (Phi) is 3.45. The van der Waals surface area contributed by atoms with Crippen LogP contribution in [0, 0.1) is 17.8 Å². The first-order valence-electron chi connectivity index (χ1n) is 8.16. The van der Waals surface area contributed by atoms with Gasteiger partial charge in [-0.15, -0.1) is 0 Å². The number of para-hydroxylation sites is 1. The molecule has 112 valence electrons. The number of fused-ring (bicyclic) bond motifs is 2. The van der Waals surface area contributed by atoms with Gasteiger partial charge in [-0.2, -0.15) is 0 Å². The molecule has 0 aromatic heterocycles. The molecule has 0 saturated heterocycles. The van der Waals surface area contributed by atoms with Crippen molar-refractivity contribution in [2.45, 2.75) is 25.2 Å². The summed E-state index contributed by atoms with van der Waals surface area (Å²) in [5, 5.41) is 0. The molecule has 0 aliphatic heterocycles. The molecular weight excluding hydrogens is 272 g/mol. The molecule has 0 heterocycles. The number of hydrogen-bond acceptors (Lipinski definition) is 2. The van der Waals surface area contributed by atoms with Crippen molar-refractivity contribution in [3.05, 3.63) is 66.2 Å². The second-order valence-corrected chi connectivity index (χ2v) is 6.46. The van der Waals surface area contributed by atoms with Gasteiger partial charge in [-0.25, -0.2) is 0 Å². The molecule has 2 heteroatoms. The fourth-order valence-corrected chi connectivity index (χ4v) is 4.44. The highest BCUT2D eigenvalue weighted by Gasteiger charge is 2.56. The van der Waals surface area contributed by atoms with Crippen LogP contribution < -0.4 is 4.74 Å². The Hall–Kier alpha value is -2.09. The van der Waals surface area contributed by atoms with E-state index in [9.17, 15) is 4.79 Å². The van der Waals surface area contributed by atoms with Crippen LogP contribution in [0.4, 0.5) is 0 Å². The molecule has 4 rings (SSSR count). The van der Waals surface area contributed by atoms with E-state index in [1.807, 2.05) is 30.3 Å². The lowest BCUT2D eigenvalue weighted by Crippen LogP contribution is -2.53. The average molecular weight is 292 g/mol. The van der Waals surface area contributed by atoms with Crippen LogP contribution in [0.5, 0.6) is 5.75 Å². The molecule has 2 aromatic carbocycles. The van der Waals surface area contributed by atoms with E-state index >= 15 is 0 Å². The van der Waals surface area contributed by atoms with Gasteiger partial charge in [0, 0.05) is 0 Å². The van der Waals surface area contributed by atoms with Gasteiger partial charge < -0.3 is 4.74 Å². The zero-order valence-electron chi connectivity index (χ0n) is 12.5. The molecule has 2 aliphatic carbocycles. The molecule has 2 aliphatic rings. The SMILES string of the molecule is O=C(Oc1ccccc1)C1[C@H]2CCC[C@@H]1C2c1ccccc1. The van der Waals surface area contributed by atoms with E-state index in [2.05, 4.69) is 30.3 Å². The van der Waals surface area contributed by atoms with Crippen molar-refractivity contribution in [1.29, 1.82) is 0 Å². The Morgan fingerprint density at radius 1 is 0.864 bits per heavy atom. The second-order valence-electron chi connectivity index (χ2n) is 6.46. The van der Waals surface area contributed by atoms with Crippen molar-refractivity contribution in [3.63, 3.8) is 0 Å². The van der Waals surface area contributed by atoms with Crippen LogP contribution in [0.15, 0.2) is 60.7 Å². The van der Waals surface area contributed by atoms with Gasteiger partial charge in [-0.05, 0) is 48.3 Å². The Bertz CT molecular complexity index is 638. The van der Waals surface area contributed by atoms with E-state index in [0.29, 0.717) is 23.5 Å². The van der Waals surface area contributed by atoms with Crippen molar-refractivity contribution in [3.8, 4) is 5.75 Å². The number of hydrogen-bond donors (Lipinski definition) is 0. The van der Waals surface area contributed by atoms with Crippen molar-refractivity contribution in [2.75, 3.05) is 0 Å². The van der Waals surface area contributed by atoms with E-state index in [1.165, 1.54) is 12.0 Å². The standard InChI is InChI=1S/C20H20O2/c21-20(22-15-10-5-2-6-11-15)19-16-12-7-13-17(19)18(16)14-8-3-1-4-9-14/h1-6,8-11,16-19H,7,12-13H2/t16-,17+,18?,19?. The monoisotopic (exact) mass is 292 g/mol. The maximum atomic E-state index is 12.6. The summed E-state index contributed by atoms with van der Waals surface area (Å²) < 4.78 is 5.60. The van der Waals surface area contributed by atoms with Crippen LogP contribution in [0.2, 0.25) is 0 Å². The number of rotatable bonds is 3. The van der Waals surface area contributed by atoms with E-state index in [-0.39, 0.29) is 11.9 Å². The Morgan fingerprint density at radius 3 is 2.09 bits per heavy atom. The van der Waals surface area contributed by atoms with Crippen LogP contribution >= 0.6 is 0 Å². The molecule has 0 N–H and O–H groups in total. The van der Waals surface area contributed by atoms with E-state index in [4.69, 9.17) is 4.74 Å². The first-order chi connectivity index (χ1) is 10.8. The molecule has 2 aromatic rings. The summed E-state index contributed by atoms with van der Waals surface area (Å²) >= 11 is 0. The minimum absolute atomic E-state index is 0.0342. The van der Waals surface area contributed by atoms with Crippen molar-refractivity contribution < 1.29 is 9.53 Å². The van der Waals surface area contributed by atoms with Gasteiger partial charge in [0.15, 0.2) is 0 Å². The number of carbonyl (C=O) groups is 1. The van der Waals surface area contributed by atoms with Gasteiger partial charge in [0.1, 0.15) is 5.75 Å². The maximum Gasteiger partial charge on any atom is 0.314 e. The molecule has 2 fully saturated rings. The molecule has 2 nitrogen and oxygen atoms in total. The Balaban J connectivity index is 1.51. The quantitative estimate of drug-likeness (QED) is 0.618. The molecule has 4 atom stereocenters. The third-order valence-electron chi connectivity index (χ3n) is 5.34. The number of benzene rings is 2. The summed E-state index contributed by atoms with van der Waals surface area (Å²) in [4.78, 5) is 12.6. The van der Waals surface area contributed by atoms with Gasteiger partial charge in [-0.1, -0.05) is 55.0 Å². The van der Waals surface area contributed by atoms with Gasteiger partial charge in [0.05, 0.1) is 5.92 Å². The van der Waals surface area contributed by atoms with Crippen LogP contribution in [0.1, 0.15) is 30.7 Å². The van der Waals surface area contributed by atoms with E-state index in [0.717, 1.165) is 12.8 Å². The number of esters is 1. The fraction of sp³-hybridized carbons (Fsp3) is 0.350. The summed E-state index contributed by atoms with van der Waals surface area (Å²) in [7, 11) is 0.